The molecule has 1 aliphatic rings. The van der Waals surface area contributed by atoms with Crippen LogP contribution in [0.1, 0.15) is 30.3 Å². The van der Waals surface area contributed by atoms with E-state index in [4.69, 9.17) is 4.74 Å². The van der Waals surface area contributed by atoms with Gasteiger partial charge in [0.05, 0.1) is 17.4 Å². The molecule has 2 aromatic rings. The van der Waals surface area contributed by atoms with Gasteiger partial charge in [0.1, 0.15) is 11.4 Å². The summed E-state index contributed by atoms with van der Waals surface area (Å²) in [5.74, 6) is -0.276. The van der Waals surface area contributed by atoms with Crippen molar-refractivity contribution in [2.75, 3.05) is 19.7 Å². The van der Waals surface area contributed by atoms with Crippen LogP contribution in [0.5, 0.6) is 0 Å². The van der Waals surface area contributed by atoms with Gasteiger partial charge in [-0.05, 0) is 37.3 Å². The van der Waals surface area contributed by atoms with Crippen LogP contribution in [-0.4, -0.2) is 46.3 Å². The van der Waals surface area contributed by atoms with Crippen LogP contribution >= 0.6 is 11.3 Å². The molecule has 0 atom stereocenters. The first-order valence-corrected chi connectivity index (χ1v) is 9.02. The summed E-state index contributed by atoms with van der Waals surface area (Å²) in [6, 6.07) is 5.80. The lowest BCUT2D eigenvalue weighted by Crippen LogP contribution is -2.41. The van der Waals surface area contributed by atoms with E-state index in [2.05, 4.69) is 5.10 Å². The average molecular weight is 347 g/mol. The second kappa shape index (κ2) is 7.17. The highest BCUT2D eigenvalue weighted by atomic mass is 32.1. The molecule has 1 aliphatic heterocycles. The minimum absolute atomic E-state index is 0.0323. The number of carbonyl (C=O) groups excluding carboxylic acids is 2. The summed E-state index contributed by atoms with van der Waals surface area (Å²) < 4.78 is 6.70. The van der Waals surface area contributed by atoms with Crippen LogP contribution in [0.4, 0.5) is 0 Å². The van der Waals surface area contributed by atoms with E-state index < -0.39 is 0 Å². The minimum Gasteiger partial charge on any atom is -0.466 e. The van der Waals surface area contributed by atoms with Crippen molar-refractivity contribution in [1.29, 1.82) is 0 Å². The Labute approximate surface area is 145 Å². The summed E-state index contributed by atoms with van der Waals surface area (Å²) in [7, 11) is 1.79. The molecule has 0 bridgehead atoms. The fourth-order valence-corrected chi connectivity index (χ4v) is 3.63. The Balaban J connectivity index is 1.67. The molecule has 3 rings (SSSR count). The third-order valence-electron chi connectivity index (χ3n) is 4.27. The number of aryl methyl sites for hydroxylation is 1. The highest BCUT2D eigenvalue weighted by Crippen LogP contribution is 2.25. The molecular formula is C17H21N3O3S. The summed E-state index contributed by atoms with van der Waals surface area (Å²) >= 11 is 1.60. The van der Waals surface area contributed by atoms with Gasteiger partial charge < -0.3 is 9.64 Å². The van der Waals surface area contributed by atoms with E-state index in [9.17, 15) is 9.59 Å². The summed E-state index contributed by atoms with van der Waals surface area (Å²) in [5, 5.41) is 6.43. The van der Waals surface area contributed by atoms with Crippen molar-refractivity contribution in [2.24, 2.45) is 13.0 Å². The zero-order valence-electron chi connectivity index (χ0n) is 13.9. The van der Waals surface area contributed by atoms with Gasteiger partial charge in [0, 0.05) is 20.1 Å². The van der Waals surface area contributed by atoms with Gasteiger partial charge >= 0.3 is 5.97 Å². The Bertz CT molecular complexity index is 716. The van der Waals surface area contributed by atoms with Gasteiger partial charge in [-0.3, -0.25) is 14.3 Å². The molecule has 1 fully saturated rings. The SMILES string of the molecule is CCOC(=O)C1CCN(C(=O)c2cc(-c3cccs3)nn2C)CC1. The monoisotopic (exact) mass is 347 g/mol. The number of likely N-dealkylation sites (tertiary alicyclic amines) is 1. The lowest BCUT2D eigenvalue weighted by Gasteiger charge is -2.30. The van der Waals surface area contributed by atoms with E-state index >= 15 is 0 Å². The average Bonchev–Trinajstić information content (AvgIpc) is 3.24. The molecule has 3 heterocycles. The molecule has 24 heavy (non-hydrogen) atoms. The van der Waals surface area contributed by atoms with Gasteiger partial charge in [0.2, 0.25) is 0 Å². The van der Waals surface area contributed by atoms with Crippen LogP contribution in [0.25, 0.3) is 10.6 Å². The van der Waals surface area contributed by atoms with E-state index in [1.165, 1.54) is 0 Å². The summed E-state index contributed by atoms with van der Waals surface area (Å²) in [6.45, 7) is 3.35. The summed E-state index contributed by atoms with van der Waals surface area (Å²) in [5.41, 5.74) is 1.39. The van der Waals surface area contributed by atoms with E-state index in [-0.39, 0.29) is 17.8 Å². The molecule has 6 nitrogen and oxygen atoms in total. The lowest BCUT2D eigenvalue weighted by atomic mass is 9.97. The molecule has 0 radical (unpaired) electrons. The largest absolute Gasteiger partial charge is 0.466 e. The third kappa shape index (κ3) is 3.36. The highest BCUT2D eigenvalue weighted by molar-refractivity contribution is 7.13. The Hall–Kier alpha value is -2.15. The normalized spacial score (nSPS) is 15.5. The Morgan fingerprint density at radius 2 is 2.12 bits per heavy atom. The van der Waals surface area contributed by atoms with Crippen LogP contribution in [-0.2, 0) is 16.6 Å². The third-order valence-corrected chi connectivity index (χ3v) is 5.17. The summed E-state index contributed by atoms with van der Waals surface area (Å²) in [6.07, 6.45) is 1.31. The molecule has 1 amide bonds. The Morgan fingerprint density at radius 1 is 1.38 bits per heavy atom. The van der Waals surface area contributed by atoms with E-state index in [0.29, 0.717) is 38.2 Å². The first-order chi connectivity index (χ1) is 11.6. The number of thiophene rings is 1. The standard InChI is InChI=1S/C17H21N3O3S/c1-3-23-17(22)12-6-8-20(9-7-12)16(21)14-11-13(18-19(14)2)15-5-4-10-24-15/h4-5,10-12H,3,6-9H2,1-2H3. The number of piperidine rings is 1. The van der Waals surface area contributed by atoms with Gasteiger partial charge in [0.15, 0.2) is 0 Å². The van der Waals surface area contributed by atoms with Crippen molar-refractivity contribution in [3.63, 3.8) is 0 Å². The fourth-order valence-electron chi connectivity index (χ4n) is 2.95. The second-order valence-corrected chi connectivity index (χ2v) is 6.78. The van der Waals surface area contributed by atoms with E-state index in [1.807, 2.05) is 30.5 Å². The number of amides is 1. The van der Waals surface area contributed by atoms with Crippen LogP contribution in [0.3, 0.4) is 0 Å². The second-order valence-electron chi connectivity index (χ2n) is 5.83. The number of esters is 1. The molecule has 0 unspecified atom stereocenters. The number of aromatic nitrogens is 2. The zero-order valence-corrected chi connectivity index (χ0v) is 14.7. The first-order valence-electron chi connectivity index (χ1n) is 8.14. The lowest BCUT2D eigenvalue weighted by molar-refractivity contribution is -0.149. The number of ether oxygens (including phenoxy) is 1. The van der Waals surface area contributed by atoms with Gasteiger partial charge in [-0.15, -0.1) is 11.3 Å². The Kier molecular flexibility index (Phi) is 4.99. The first kappa shape index (κ1) is 16.7. The molecule has 1 saturated heterocycles. The predicted molar refractivity (Wildman–Crippen MR) is 91.8 cm³/mol. The number of hydrogen-bond acceptors (Lipinski definition) is 5. The van der Waals surface area contributed by atoms with Gasteiger partial charge in [0.25, 0.3) is 5.91 Å². The smallest absolute Gasteiger partial charge is 0.309 e. The highest BCUT2D eigenvalue weighted by Gasteiger charge is 2.30. The van der Waals surface area contributed by atoms with Crippen molar-refractivity contribution in [3.8, 4) is 10.6 Å². The minimum atomic E-state index is -0.148. The van der Waals surface area contributed by atoms with Crippen LogP contribution in [0.15, 0.2) is 23.6 Å². The van der Waals surface area contributed by atoms with Crippen molar-refractivity contribution in [2.45, 2.75) is 19.8 Å². The number of nitrogens with zero attached hydrogens (tertiary/aromatic N) is 3. The Morgan fingerprint density at radius 3 is 2.75 bits per heavy atom. The van der Waals surface area contributed by atoms with Crippen molar-refractivity contribution >= 4 is 23.2 Å². The van der Waals surface area contributed by atoms with E-state index in [0.717, 1.165) is 10.6 Å². The molecule has 7 heteroatoms. The maximum Gasteiger partial charge on any atom is 0.309 e. The number of rotatable bonds is 4. The zero-order chi connectivity index (χ0) is 17.1. The van der Waals surface area contributed by atoms with Gasteiger partial charge in [-0.1, -0.05) is 6.07 Å². The van der Waals surface area contributed by atoms with Crippen LogP contribution in [0.2, 0.25) is 0 Å². The summed E-state index contributed by atoms with van der Waals surface area (Å²) in [4.78, 5) is 27.4. The molecule has 0 aromatic carbocycles. The molecule has 0 aliphatic carbocycles. The topological polar surface area (TPSA) is 64.4 Å². The maximum absolute atomic E-state index is 12.8. The number of hydrogen-bond donors (Lipinski definition) is 0. The fraction of sp³-hybridized carbons (Fsp3) is 0.471. The van der Waals surface area contributed by atoms with Crippen molar-refractivity contribution < 1.29 is 14.3 Å². The van der Waals surface area contributed by atoms with Crippen molar-refractivity contribution in [3.05, 3.63) is 29.3 Å². The van der Waals surface area contributed by atoms with Crippen molar-refractivity contribution in [1.82, 2.24) is 14.7 Å². The molecule has 0 spiro atoms. The predicted octanol–water partition coefficient (Wildman–Crippen LogP) is 2.56. The van der Waals surface area contributed by atoms with Gasteiger partial charge in [-0.2, -0.15) is 5.10 Å². The van der Waals surface area contributed by atoms with Crippen LogP contribution in [0, 0.1) is 5.92 Å². The van der Waals surface area contributed by atoms with Crippen LogP contribution < -0.4 is 0 Å². The molecule has 0 N–H and O–H groups in total. The maximum atomic E-state index is 12.8. The molecular weight excluding hydrogens is 326 g/mol. The molecule has 128 valence electrons. The quantitative estimate of drug-likeness (QED) is 0.798. The molecule has 2 aromatic heterocycles. The number of carbonyl (C=O) groups is 2. The van der Waals surface area contributed by atoms with E-state index in [1.54, 1.807) is 28.0 Å². The molecule has 0 saturated carbocycles. The van der Waals surface area contributed by atoms with Gasteiger partial charge in [-0.25, -0.2) is 0 Å².